The Morgan fingerprint density at radius 2 is 1.79 bits per heavy atom. The largest absolute Gasteiger partial charge is 0.379 e. The number of halogens is 2. The molecule has 0 saturated carbocycles. The van der Waals surface area contributed by atoms with Crippen LogP contribution >= 0.6 is 35.4 Å². The SMILES string of the molecule is Cc1ccc(NC(=S)Nc2cc(S(=O)(=O)N3CCOCC3)ccc2Cl)cc1Cl. The van der Waals surface area contributed by atoms with Crippen LogP contribution in [0.1, 0.15) is 5.56 Å². The van der Waals surface area contributed by atoms with E-state index < -0.39 is 10.0 Å². The topological polar surface area (TPSA) is 70.7 Å². The monoisotopic (exact) mass is 459 g/mol. The average molecular weight is 460 g/mol. The molecule has 0 bridgehead atoms. The standard InChI is InChI=1S/C18H19Cl2N3O3S2/c1-12-2-3-13(10-16(12)20)21-18(27)22-17-11-14(4-5-15(17)19)28(24,25)23-6-8-26-9-7-23/h2-5,10-11H,6-9H2,1H3,(H2,21,22,27). The second-order valence-electron chi connectivity index (χ2n) is 6.20. The van der Waals surface area contributed by atoms with Crippen LogP contribution in [0.4, 0.5) is 11.4 Å². The zero-order chi connectivity index (χ0) is 20.3. The minimum Gasteiger partial charge on any atom is -0.379 e. The maximum absolute atomic E-state index is 12.8. The molecule has 1 aliphatic heterocycles. The number of anilines is 2. The molecule has 1 heterocycles. The van der Waals surface area contributed by atoms with Gasteiger partial charge in [0.15, 0.2) is 5.11 Å². The number of hydrogen-bond donors (Lipinski definition) is 2. The molecule has 28 heavy (non-hydrogen) atoms. The highest BCUT2D eigenvalue weighted by Crippen LogP contribution is 2.28. The molecule has 0 aromatic heterocycles. The van der Waals surface area contributed by atoms with Crippen LogP contribution in [0.25, 0.3) is 0 Å². The first-order chi connectivity index (χ1) is 13.3. The van der Waals surface area contributed by atoms with Crippen molar-refractivity contribution in [2.75, 3.05) is 36.9 Å². The predicted octanol–water partition coefficient (Wildman–Crippen LogP) is 4.13. The first kappa shape index (κ1) is 21.3. The Kier molecular flexibility index (Phi) is 6.80. The molecule has 150 valence electrons. The summed E-state index contributed by atoms with van der Waals surface area (Å²) in [5.41, 5.74) is 2.06. The summed E-state index contributed by atoms with van der Waals surface area (Å²) in [4.78, 5) is 0.141. The van der Waals surface area contributed by atoms with Crippen molar-refractivity contribution in [3.05, 3.63) is 52.0 Å². The van der Waals surface area contributed by atoms with Crippen molar-refractivity contribution in [2.45, 2.75) is 11.8 Å². The molecule has 1 fully saturated rings. The van der Waals surface area contributed by atoms with Gasteiger partial charge in [-0.05, 0) is 55.0 Å². The van der Waals surface area contributed by atoms with E-state index in [4.69, 9.17) is 40.2 Å². The smallest absolute Gasteiger partial charge is 0.243 e. The molecule has 2 aromatic carbocycles. The van der Waals surface area contributed by atoms with E-state index in [0.717, 1.165) is 5.56 Å². The Morgan fingerprint density at radius 3 is 2.46 bits per heavy atom. The Hall–Kier alpha value is -1.42. The van der Waals surface area contributed by atoms with Crippen molar-refractivity contribution in [3.63, 3.8) is 0 Å². The van der Waals surface area contributed by atoms with Crippen LogP contribution in [0.15, 0.2) is 41.3 Å². The highest BCUT2D eigenvalue weighted by Gasteiger charge is 2.27. The third kappa shape index (κ3) is 4.94. The van der Waals surface area contributed by atoms with Crippen LogP contribution in [0, 0.1) is 6.92 Å². The Balaban J connectivity index is 1.77. The number of sulfonamides is 1. The summed E-state index contributed by atoms with van der Waals surface area (Å²) in [5, 5.41) is 7.19. The number of nitrogens with one attached hydrogen (secondary N) is 2. The summed E-state index contributed by atoms with van der Waals surface area (Å²) in [5.74, 6) is 0. The maximum atomic E-state index is 12.8. The Bertz CT molecular complexity index is 994. The van der Waals surface area contributed by atoms with E-state index in [2.05, 4.69) is 10.6 Å². The molecular formula is C18H19Cl2N3O3S2. The zero-order valence-electron chi connectivity index (χ0n) is 15.0. The quantitative estimate of drug-likeness (QED) is 0.669. The average Bonchev–Trinajstić information content (AvgIpc) is 2.67. The number of benzene rings is 2. The molecule has 1 saturated heterocycles. The highest BCUT2D eigenvalue weighted by atomic mass is 35.5. The van der Waals surface area contributed by atoms with Gasteiger partial charge in [0, 0.05) is 23.8 Å². The second kappa shape index (κ2) is 8.94. The lowest BCUT2D eigenvalue weighted by atomic mass is 10.2. The van der Waals surface area contributed by atoms with Gasteiger partial charge in [0.05, 0.1) is 28.8 Å². The van der Waals surface area contributed by atoms with E-state index in [1.165, 1.54) is 22.5 Å². The number of hydrogen-bond acceptors (Lipinski definition) is 4. The summed E-state index contributed by atoms with van der Waals surface area (Å²) in [6.45, 7) is 3.31. The molecule has 0 atom stereocenters. The van der Waals surface area contributed by atoms with Crippen LogP contribution in [0.2, 0.25) is 10.0 Å². The number of morpholine rings is 1. The fourth-order valence-corrected chi connectivity index (χ4v) is 4.66. The first-order valence-corrected chi connectivity index (χ1v) is 11.1. The second-order valence-corrected chi connectivity index (χ2v) is 9.36. The minimum atomic E-state index is -3.63. The van der Waals surface area contributed by atoms with Gasteiger partial charge in [-0.3, -0.25) is 0 Å². The van der Waals surface area contributed by atoms with E-state index in [9.17, 15) is 8.42 Å². The van der Waals surface area contributed by atoms with Gasteiger partial charge < -0.3 is 15.4 Å². The number of ether oxygens (including phenoxy) is 1. The van der Waals surface area contributed by atoms with Gasteiger partial charge in [-0.1, -0.05) is 29.3 Å². The van der Waals surface area contributed by atoms with Crippen molar-refractivity contribution < 1.29 is 13.2 Å². The summed E-state index contributed by atoms with van der Waals surface area (Å²) in [6.07, 6.45) is 0. The molecule has 1 aliphatic rings. The lowest BCUT2D eigenvalue weighted by Crippen LogP contribution is -2.40. The van der Waals surface area contributed by atoms with Gasteiger partial charge >= 0.3 is 0 Å². The molecule has 3 rings (SSSR count). The van der Waals surface area contributed by atoms with Crippen molar-refractivity contribution in [2.24, 2.45) is 0 Å². The van der Waals surface area contributed by atoms with Gasteiger partial charge in [0.1, 0.15) is 0 Å². The third-order valence-corrected chi connectivity index (χ3v) is 7.06. The van der Waals surface area contributed by atoms with Crippen molar-refractivity contribution in [1.29, 1.82) is 0 Å². The van der Waals surface area contributed by atoms with Crippen molar-refractivity contribution in [1.82, 2.24) is 4.31 Å². The fraction of sp³-hybridized carbons (Fsp3) is 0.278. The molecule has 2 N–H and O–H groups in total. The number of rotatable bonds is 4. The molecule has 0 unspecified atom stereocenters. The fourth-order valence-electron chi connectivity index (χ4n) is 2.65. The van der Waals surface area contributed by atoms with E-state index in [0.29, 0.717) is 47.7 Å². The molecule has 10 heteroatoms. The van der Waals surface area contributed by atoms with Crippen LogP contribution in [-0.4, -0.2) is 44.1 Å². The lowest BCUT2D eigenvalue weighted by molar-refractivity contribution is 0.0730. The van der Waals surface area contributed by atoms with E-state index >= 15 is 0 Å². The van der Waals surface area contributed by atoms with E-state index in [1.807, 2.05) is 19.1 Å². The molecule has 0 radical (unpaired) electrons. The Morgan fingerprint density at radius 1 is 1.07 bits per heavy atom. The summed E-state index contributed by atoms with van der Waals surface area (Å²) in [7, 11) is -3.63. The van der Waals surface area contributed by atoms with Crippen LogP contribution in [0.3, 0.4) is 0 Å². The van der Waals surface area contributed by atoms with Gasteiger partial charge in [-0.15, -0.1) is 0 Å². The predicted molar refractivity (Wildman–Crippen MR) is 117 cm³/mol. The number of aryl methyl sites for hydroxylation is 1. The van der Waals surface area contributed by atoms with E-state index in [-0.39, 0.29) is 10.0 Å². The van der Waals surface area contributed by atoms with Gasteiger partial charge in [-0.2, -0.15) is 4.31 Å². The Labute approximate surface area is 179 Å². The maximum Gasteiger partial charge on any atom is 0.243 e. The van der Waals surface area contributed by atoms with Crippen LogP contribution in [0.5, 0.6) is 0 Å². The summed E-state index contributed by atoms with van der Waals surface area (Å²) < 4.78 is 32.3. The zero-order valence-corrected chi connectivity index (χ0v) is 18.2. The minimum absolute atomic E-state index is 0.141. The van der Waals surface area contributed by atoms with Crippen molar-refractivity contribution >= 4 is 61.9 Å². The summed E-state index contributed by atoms with van der Waals surface area (Å²) in [6, 6.07) is 9.96. The molecule has 0 amide bonds. The van der Waals surface area contributed by atoms with Gasteiger partial charge in [0.25, 0.3) is 0 Å². The highest BCUT2D eigenvalue weighted by molar-refractivity contribution is 7.89. The normalized spacial score (nSPS) is 15.2. The first-order valence-electron chi connectivity index (χ1n) is 8.49. The van der Waals surface area contributed by atoms with Gasteiger partial charge in [0.2, 0.25) is 10.0 Å². The van der Waals surface area contributed by atoms with Crippen LogP contribution < -0.4 is 10.6 Å². The molecule has 0 aliphatic carbocycles. The van der Waals surface area contributed by atoms with E-state index in [1.54, 1.807) is 6.07 Å². The number of nitrogens with zero attached hydrogens (tertiary/aromatic N) is 1. The molecule has 6 nitrogen and oxygen atoms in total. The summed E-state index contributed by atoms with van der Waals surface area (Å²) >= 11 is 17.7. The molecular weight excluding hydrogens is 441 g/mol. The van der Waals surface area contributed by atoms with Crippen molar-refractivity contribution in [3.8, 4) is 0 Å². The molecule has 0 spiro atoms. The molecule has 2 aromatic rings. The van der Waals surface area contributed by atoms with Crippen LogP contribution in [-0.2, 0) is 14.8 Å². The van der Waals surface area contributed by atoms with Gasteiger partial charge in [-0.25, -0.2) is 8.42 Å². The lowest BCUT2D eigenvalue weighted by Gasteiger charge is -2.26. The third-order valence-electron chi connectivity index (χ3n) is 4.22. The number of thiocarbonyl (C=S) groups is 1.